The number of hydrogen-bond acceptors (Lipinski definition) is 4. The molecule has 102 valence electrons. The summed E-state index contributed by atoms with van der Waals surface area (Å²) < 4.78 is 5.35. The Bertz CT molecular complexity index is 833. The standard InChI is InChI=1S/C16H15NO3/c1-3-17(4-2)11-6-5-10-7-13(12-9-14(12)18)16(19)20-15(10)8-11/h5-9H,3-4H2,1-2H3. The summed E-state index contributed by atoms with van der Waals surface area (Å²) in [5, 5.41) is 0.830. The molecule has 0 saturated heterocycles. The van der Waals surface area contributed by atoms with E-state index in [0.29, 0.717) is 16.7 Å². The Morgan fingerprint density at radius 3 is 2.30 bits per heavy atom. The lowest BCUT2D eigenvalue weighted by Gasteiger charge is -2.20. The van der Waals surface area contributed by atoms with Crippen LogP contribution in [0.5, 0.6) is 0 Å². The number of anilines is 1. The predicted molar refractivity (Wildman–Crippen MR) is 80.1 cm³/mol. The maximum Gasteiger partial charge on any atom is 0.344 e. The predicted octanol–water partition coefficient (Wildman–Crippen LogP) is 2.54. The quantitative estimate of drug-likeness (QED) is 0.683. The molecule has 0 spiro atoms. The lowest BCUT2D eigenvalue weighted by atomic mass is 10.1. The van der Waals surface area contributed by atoms with Gasteiger partial charge in [-0.15, -0.1) is 0 Å². The van der Waals surface area contributed by atoms with Crippen LogP contribution in [0.4, 0.5) is 5.69 Å². The van der Waals surface area contributed by atoms with Gasteiger partial charge in [0.05, 0.1) is 5.56 Å². The maximum atomic E-state index is 11.9. The lowest BCUT2D eigenvalue weighted by Crippen LogP contribution is -2.21. The van der Waals surface area contributed by atoms with Crippen LogP contribution < -0.4 is 16.0 Å². The number of rotatable bonds is 4. The minimum atomic E-state index is -0.453. The highest BCUT2D eigenvalue weighted by molar-refractivity contribution is 5.85. The average molecular weight is 269 g/mol. The van der Waals surface area contributed by atoms with Crippen LogP contribution in [-0.2, 0) is 0 Å². The molecule has 1 aromatic heterocycles. The van der Waals surface area contributed by atoms with Crippen molar-refractivity contribution in [2.75, 3.05) is 18.0 Å². The number of benzene rings is 1. The monoisotopic (exact) mass is 269 g/mol. The normalized spacial score (nSPS) is 11.3. The smallest absolute Gasteiger partial charge is 0.344 e. The van der Waals surface area contributed by atoms with Crippen molar-refractivity contribution >= 4 is 16.7 Å². The molecule has 0 unspecified atom stereocenters. The number of nitrogens with zero attached hydrogens (tertiary/aromatic N) is 1. The van der Waals surface area contributed by atoms with Gasteiger partial charge in [0.1, 0.15) is 5.58 Å². The number of hydrogen-bond donors (Lipinski definition) is 0. The van der Waals surface area contributed by atoms with Gasteiger partial charge in [-0.25, -0.2) is 4.79 Å². The Morgan fingerprint density at radius 2 is 1.70 bits per heavy atom. The van der Waals surface area contributed by atoms with Gasteiger partial charge in [0, 0.05) is 35.8 Å². The summed E-state index contributed by atoms with van der Waals surface area (Å²) in [5.41, 5.74) is 1.87. The first-order valence-electron chi connectivity index (χ1n) is 6.73. The largest absolute Gasteiger partial charge is 0.422 e. The van der Waals surface area contributed by atoms with Crippen LogP contribution in [-0.4, -0.2) is 13.1 Å². The average Bonchev–Trinajstić information content (AvgIpc) is 3.16. The van der Waals surface area contributed by atoms with E-state index in [-0.39, 0.29) is 5.43 Å². The summed E-state index contributed by atoms with van der Waals surface area (Å²) >= 11 is 0. The zero-order valence-corrected chi connectivity index (χ0v) is 11.5. The Balaban J connectivity index is 2.13. The topological polar surface area (TPSA) is 50.5 Å². The third-order valence-corrected chi connectivity index (χ3v) is 3.60. The van der Waals surface area contributed by atoms with Gasteiger partial charge in [0.2, 0.25) is 0 Å². The second-order valence-electron chi connectivity index (χ2n) is 4.76. The van der Waals surface area contributed by atoms with Crippen LogP contribution in [0.1, 0.15) is 13.8 Å². The molecule has 0 fully saturated rings. The SMILES string of the molecule is CCN(CC)c1ccc2cc(-c3cc3=O)c(=O)oc2c1. The number of fused-ring (bicyclic) bond motifs is 1. The van der Waals surface area contributed by atoms with Gasteiger partial charge in [0.15, 0.2) is 5.43 Å². The van der Waals surface area contributed by atoms with E-state index in [1.54, 1.807) is 6.07 Å². The Kier molecular flexibility index (Phi) is 2.93. The Morgan fingerprint density at radius 1 is 1.00 bits per heavy atom. The molecule has 0 aliphatic heterocycles. The zero-order chi connectivity index (χ0) is 14.3. The molecule has 0 amide bonds. The highest BCUT2D eigenvalue weighted by Gasteiger charge is 2.17. The lowest BCUT2D eigenvalue weighted by molar-refractivity contribution is 0.563. The molecule has 3 aromatic rings. The molecule has 0 saturated carbocycles. The Labute approximate surface area is 115 Å². The summed E-state index contributed by atoms with van der Waals surface area (Å²) in [4.78, 5) is 25.2. The first kappa shape index (κ1) is 12.7. The molecule has 4 nitrogen and oxygen atoms in total. The highest BCUT2D eigenvalue weighted by atomic mass is 16.4. The van der Waals surface area contributed by atoms with E-state index < -0.39 is 5.63 Å². The van der Waals surface area contributed by atoms with Crippen LogP contribution in [0.3, 0.4) is 0 Å². The Hall–Kier alpha value is -2.36. The molecule has 0 atom stereocenters. The minimum absolute atomic E-state index is 0.0867. The summed E-state index contributed by atoms with van der Waals surface area (Å²) in [6.45, 7) is 5.95. The molecule has 0 N–H and O–H groups in total. The van der Waals surface area contributed by atoms with Crippen LogP contribution in [0, 0.1) is 0 Å². The fourth-order valence-electron chi connectivity index (χ4n) is 2.38. The fourth-order valence-corrected chi connectivity index (χ4v) is 2.38. The molecule has 0 radical (unpaired) electrons. The van der Waals surface area contributed by atoms with E-state index in [1.165, 1.54) is 6.07 Å². The second-order valence-corrected chi connectivity index (χ2v) is 4.76. The molecule has 0 bridgehead atoms. The summed E-state index contributed by atoms with van der Waals surface area (Å²) in [6.07, 6.45) is 0. The molecule has 0 aliphatic rings. The molecule has 4 heteroatoms. The van der Waals surface area contributed by atoms with Crippen LogP contribution in [0.25, 0.3) is 22.1 Å². The fraction of sp³-hybridized carbons (Fsp3) is 0.250. The third-order valence-electron chi connectivity index (χ3n) is 3.60. The molecule has 0 aliphatic carbocycles. The van der Waals surface area contributed by atoms with Gasteiger partial charge in [-0.1, -0.05) is 0 Å². The van der Waals surface area contributed by atoms with Crippen molar-refractivity contribution in [2.24, 2.45) is 0 Å². The molecule has 2 aromatic carbocycles. The summed E-state index contributed by atoms with van der Waals surface area (Å²) in [5.74, 6) is 0. The van der Waals surface area contributed by atoms with Gasteiger partial charge in [-0.05, 0) is 38.1 Å². The van der Waals surface area contributed by atoms with E-state index in [9.17, 15) is 9.59 Å². The zero-order valence-electron chi connectivity index (χ0n) is 11.5. The molecule has 1 heterocycles. The first-order valence-corrected chi connectivity index (χ1v) is 6.73. The molecular formula is C16H15NO3. The molecule has 20 heavy (non-hydrogen) atoms. The molecular weight excluding hydrogens is 254 g/mol. The van der Waals surface area contributed by atoms with Gasteiger partial charge >= 0.3 is 5.63 Å². The minimum Gasteiger partial charge on any atom is -0.422 e. The van der Waals surface area contributed by atoms with Gasteiger partial charge in [-0.2, -0.15) is 0 Å². The van der Waals surface area contributed by atoms with Crippen LogP contribution in [0.2, 0.25) is 0 Å². The van der Waals surface area contributed by atoms with Gasteiger partial charge in [0.25, 0.3) is 0 Å². The van der Waals surface area contributed by atoms with E-state index in [4.69, 9.17) is 4.42 Å². The van der Waals surface area contributed by atoms with Crippen molar-refractivity contribution < 1.29 is 4.42 Å². The highest BCUT2D eigenvalue weighted by Crippen LogP contribution is 2.25. The van der Waals surface area contributed by atoms with Crippen molar-refractivity contribution in [3.8, 4) is 11.1 Å². The maximum absolute atomic E-state index is 11.9. The van der Waals surface area contributed by atoms with Gasteiger partial charge < -0.3 is 9.32 Å². The van der Waals surface area contributed by atoms with Gasteiger partial charge in [-0.3, -0.25) is 4.79 Å². The van der Waals surface area contributed by atoms with Crippen LogP contribution >= 0.6 is 0 Å². The molecule has 3 rings (SSSR count). The first-order chi connectivity index (χ1) is 9.63. The third kappa shape index (κ3) is 2.03. The van der Waals surface area contributed by atoms with Crippen molar-refractivity contribution in [3.63, 3.8) is 0 Å². The summed E-state index contributed by atoms with van der Waals surface area (Å²) in [6, 6.07) is 8.97. The summed E-state index contributed by atoms with van der Waals surface area (Å²) in [7, 11) is 0. The second kappa shape index (κ2) is 4.63. The van der Waals surface area contributed by atoms with Crippen molar-refractivity contribution in [1.82, 2.24) is 0 Å². The van der Waals surface area contributed by atoms with Crippen molar-refractivity contribution in [2.45, 2.75) is 13.8 Å². The van der Waals surface area contributed by atoms with Crippen molar-refractivity contribution in [1.29, 1.82) is 0 Å². The van der Waals surface area contributed by atoms with E-state index in [0.717, 1.165) is 24.2 Å². The van der Waals surface area contributed by atoms with Crippen LogP contribution in [0.15, 0.2) is 44.3 Å². The van der Waals surface area contributed by atoms with E-state index in [2.05, 4.69) is 18.7 Å². The van der Waals surface area contributed by atoms with Crippen molar-refractivity contribution in [3.05, 3.63) is 51.0 Å². The van der Waals surface area contributed by atoms with E-state index >= 15 is 0 Å². The van der Waals surface area contributed by atoms with E-state index in [1.807, 2.05) is 18.2 Å².